The highest BCUT2D eigenvalue weighted by Crippen LogP contribution is 1.92. The van der Waals surface area contributed by atoms with Crippen LogP contribution in [0.4, 0.5) is 0 Å². The molecule has 116 valence electrons. The molecule has 1 unspecified atom stereocenters. The molecule has 6 nitrogen and oxygen atoms in total. The van der Waals surface area contributed by atoms with Crippen LogP contribution in [0.5, 0.6) is 0 Å². The van der Waals surface area contributed by atoms with E-state index in [-0.39, 0.29) is 19.8 Å². The van der Waals surface area contributed by atoms with Crippen molar-refractivity contribution in [1.82, 2.24) is 0 Å². The van der Waals surface area contributed by atoms with Gasteiger partial charge >= 0.3 is 11.9 Å². The van der Waals surface area contributed by atoms with Crippen molar-refractivity contribution in [2.75, 3.05) is 19.8 Å². The quantitative estimate of drug-likeness (QED) is 0.393. The molecule has 0 aromatic heterocycles. The molecule has 0 saturated carbocycles. The average Bonchev–Trinajstić information content (AvgIpc) is 2.44. The van der Waals surface area contributed by atoms with E-state index in [2.05, 4.69) is 22.6 Å². The highest BCUT2D eigenvalue weighted by molar-refractivity contribution is 5.86. The van der Waals surface area contributed by atoms with Crippen LogP contribution in [0, 0.1) is 0 Å². The smallest absolute Gasteiger partial charge is 0.333 e. The fourth-order valence-electron chi connectivity index (χ4n) is 0.708. The third-order valence-electron chi connectivity index (χ3n) is 1.94. The van der Waals surface area contributed by atoms with Crippen molar-refractivity contribution in [1.29, 1.82) is 0 Å². The number of ether oxygens (including phenoxy) is 2. The second-order valence-corrected chi connectivity index (χ2v) is 3.89. The molecule has 0 fully saturated rings. The molecule has 0 rings (SSSR count). The van der Waals surface area contributed by atoms with Crippen LogP contribution in [0.2, 0.25) is 0 Å². The zero-order valence-electron chi connectivity index (χ0n) is 12.1. The molecule has 0 aliphatic heterocycles. The Morgan fingerprint density at radius 2 is 1.95 bits per heavy atom. The van der Waals surface area contributed by atoms with Gasteiger partial charge in [-0.2, -0.15) is 0 Å². The second-order valence-electron chi connectivity index (χ2n) is 3.89. The Balaban J connectivity index is 0. The molecule has 0 aromatic rings. The predicted octanol–water partition coefficient (Wildman–Crippen LogP) is 0.975. The number of rotatable bonds is 8. The third-order valence-corrected chi connectivity index (χ3v) is 1.94. The summed E-state index contributed by atoms with van der Waals surface area (Å²) < 4.78 is 9.18. The summed E-state index contributed by atoms with van der Waals surface area (Å²) in [5.41, 5.74) is 0.387. The van der Waals surface area contributed by atoms with Gasteiger partial charge in [0.1, 0.15) is 6.61 Å². The maximum atomic E-state index is 10.6. The maximum Gasteiger partial charge on any atom is 0.333 e. The van der Waals surface area contributed by atoms with Gasteiger partial charge in [-0.15, -0.1) is 0 Å². The van der Waals surface area contributed by atoms with Gasteiger partial charge in [0.25, 0.3) is 0 Å². The first-order valence-corrected chi connectivity index (χ1v) is 6.29. The van der Waals surface area contributed by atoms with Crippen molar-refractivity contribution in [2.24, 2.45) is 0 Å². The molecule has 2 N–H and O–H groups in total. The highest BCUT2D eigenvalue weighted by atomic mass is 16.5. The topological polar surface area (TPSA) is 93.1 Å². The highest BCUT2D eigenvalue weighted by Gasteiger charge is 2.02. The Labute approximate surface area is 119 Å². The molecule has 0 spiro atoms. The van der Waals surface area contributed by atoms with E-state index in [9.17, 15) is 9.59 Å². The molecular formula is C14H24O6. The molecule has 0 aliphatic rings. The Morgan fingerprint density at radius 1 is 1.35 bits per heavy atom. The average molecular weight is 288 g/mol. The van der Waals surface area contributed by atoms with Crippen LogP contribution in [0.3, 0.4) is 0 Å². The minimum Gasteiger partial charge on any atom is -0.462 e. The van der Waals surface area contributed by atoms with E-state index in [0.29, 0.717) is 18.4 Å². The summed E-state index contributed by atoms with van der Waals surface area (Å²) in [6.45, 7) is 10.4. The molecular weight excluding hydrogens is 264 g/mol. The van der Waals surface area contributed by atoms with Crippen molar-refractivity contribution in [2.45, 2.75) is 32.8 Å². The fourth-order valence-corrected chi connectivity index (χ4v) is 0.708. The van der Waals surface area contributed by atoms with Gasteiger partial charge < -0.3 is 19.7 Å². The van der Waals surface area contributed by atoms with Crippen LogP contribution < -0.4 is 0 Å². The summed E-state index contributed by atoms with van der Waals surface area (Å²) in [5, 5.41) is 17.2. The first-order chi connectivity index (χ1) is 9.38. The third kappa shape index (κ3) is 14.4. The molecule has 0 aliphatic carbocycles. The van der Waals surface area contributed by atoms with Gasteiger partial charge in [-0.1, -0.05) is 20.1 Å². The van der Waals surface area contributed by atoms with Gasteiger partial charge in [0.2, 0.25) is 0 Å². The van der Waals surface area contributed by atoms with Gasteiger partial charge in [-0.3, -0.25) is 0 Å². The number of carbonyl (C=O) groups is 2. The van der Waals surface area contributed by atoms with Crippen LogP contribution in [0.15, 0.2) is 24.8 Å². The van der Waals surface area contributed by atoms with Crippen LogP contribution in [-0.4, -0.2) is 48.1 Å². The number of aliphatic hydroxyl groups is 2. The van der Waals surface area contributed by atoms with Crippen LogP contribution >= 0.6 is 0 Å². The molecule has 0 saturated heterocycles. The lowest BCUT2D eigenvalue weighted by molar-refractivity contribution is -0.141. The monoisotopic (exact) mass is 288 g/mol. The molecule has 0 amide bonds. The fraction of sp³-hybridized carbons (Fsp3) is 0.571. The normalized spacial score (nSPS) is 10.6. The van der Waals surface area contributed by atoms with E-state index in [4.69, 9.17) is 10.2 Å². The number of aliphatic hydroxyl groups excluding tert-OH is 2. The van der Waals surface area contributed by atoms with Crippen LogP contribution in [-0.2, 0) is 19.1 Å². The van der Waals surface area contributed by atoms with Gasteiger partial charge in [0, 0.05) is 24.7 Å². The van der Waals surface area contributed by atoms with Gasteiger partial charge in [0.05, 0.1) is 12.7 Å². The maximum absolute atomic E-state index is 10.6. The summed E-state index contributed by atoms with van der Waals surface area (Å²) in [6, 6.07) is 0. The number of carbonyl (C=O) groups excluding carboxylic acids is 2. The molecule has 0 aromatic carbocycles. The van der Waals surface area contributed by atoms with E-state index in [1.54, 1.807) is 6.92 Å². The lowest BCUT2D eigenvalue weighted by atomic mass is 10.3. The first kappa shape index (κ1) is 20.7. The van der Waals surface area contributed by atoms with Gasteiger partial charge in [-0.05, 0) is 13.3 Å². The largest absolute Gasteiger partial charge is 0.462 e. The SMILES string of the molecule is C=C(C)C(=O)OCCCO.C=CC(=O)OCC(O)CC. The van der Waals surface area contributed by atoms with E-state index < -0.39 is 18.0 Å². The zero-order valence-corrected chi connectivity index (χ0v) is 12.1. The molecule has 6 heteroatoms. The molecule has 0 bridgehead atoms. The minimum absolute atomic E-state index is 0.0451. The summed E-state index contributed by atoms with van der Waals surface area (Å²) in [6.07, 6.45) is 1.59. The summed E-state index contributed by atoms with van der Waals surface area (Å²) in [5.74, 6) is -0.888. The van der Waals surface area contributed by atoms with Crippen molar-refractivity contribution < 1.29 is 29.3 Å². The summed E-state index contributed by atoms with van der Waals surface area (Å²) >= 11 is 0. The minimum atomic E-state index is -0.552. The number of hydrogen-bond acceptors (Lipinski definition) is 6. The van der Waals surface area contributed by atoms with Gasteiger partial charge in [-0.25, -0.2) is 9.59 Å². The predicted molar refractivity (Wildman–Crippen MR) is 74.9 cm³/mol. The van der Waals surface area contributed by atoms with E-state index >= 15 is 0 Å². The van der Waals surface area contributed by atoms with Crippen molar-refractivity contribution in [3.63, 3.8) is 0 Å². The molecule has 0 radical (unpaired) electrons. The van der Waals surface area contributed by atoms with E-state index in [0.717, 1.165) is 6.08 Å². The first-order valence-electron chi connectivity index (χ1n) is 6.29. The van der Waals surface area contributed by atoms with Crippen molar-refractivity contribution in [3.05, 3.63) is 24.8 Å². The molecule has 1 atom stereocenters. The zero-order chi connectivity index (χ0) is 16.0. The van der Waals surface area contributed by atoms with E-state index in [1.165, 1.54) is 0 Å². The van der Waals surface area contributed by atoms with Crippen LogP contribution in [0.25, 0.3) is 0 Å². The van der Waals surface area contributed by atoms with E-state index in [1.807, 2.05) is 6.92 Å². The number of hydrogen-bond donors (Lipinski definition) is 2. The number of esters is 2. The second kappa shape index (κ2) is 13.8. The van der Waals surface area contributed by atoms with Gasteiger partial charge in [0.15, 0.2) is 0 Å². The van der Waals surface area contributed by atoms with Crippen molar-refractivity contribution >= 4 is 11.9 Å². The summed E-state index contributed by atoms with van der Waals surface area (Å²) in [7, 11) is 0. The molecule has 20 heavy (non-hydrogen) atoms. The Kier molecular flexibility index (Phi) is 14.2. The Bertz CT molecular complexity index is 311. The Morgan fingerprint density at radius 3 is 2.35 bits per heavy atom. The van der Waals surface area contributed by atoms with Crippen molar-refractivity contribution in [3.8, 4) is 0 Å². The lowest BCUT2D eigenvalue weighted by Gasteiger charge is -2.05. The summed E-state index contributed by atoms with van der Waals surface area (Å²) in [4.78, 5) is 21.0. The standard InChI is InChI=1S/2C7H12O3/c1-6(2)7(9)10-5-3-4-8;1-3-6(8)5-10-7(9)4-2/h8H,1,3-5H2,2H3;4,6,8H,2-3,5H2,1H3. The molecule has 0 heterocycles. The van der Waals surface area contributed by atoms with Crippen LogP contribution in [0.1, 0.15) is 26.7 Å². The Hall–Kier alpha value is -1.66. The lowest BCUT2D eigenvalue weighted by Crippen LogP contribution is -2.16.